The topological polar surface area (TPSA) is 88.5 Å². The quantitative estimate of drug-likeness (QED) is 0.512. The number of hydrogen-bond acceptors (Lipinski definition) is 6. The molecule has 3 rings (SSSR count). The van der Waals surface area contributed by atoms with Crippen LogP contribution in [0, 0.1) is 0 Å². The largest absolute Gasteiger partial charge is 0.387 e. The zero-order valence-electron chi connectivity index (χ0n) is 16.8. The van der Waals surface area contributed by atoms with Gasteiger partial charge in [0.15, 0.2) is 0 Å². The molecule has 0 fully saturated rings. The second kappa shape index (κ2) is 9.03. The lowest BCUT2D eigenvalue weighted by atomic mass is 9.99. The summed E-state index contributed by atoms with van der Waals surface area (Å²) in [7, 11) is -1.81. The summed E-state index contributed by atoms with van der Waals surface area (Å²) in [4.78, 5) is 5.40. The summed E-state index contributed by atoms with van der Waals surface area (Å²) in [5, 5.41) is 12.8. The van der Waals surface area contributed by atoms with Crippen molar-refractivity contribution in [2.75, 3.05) is 24.7 Å². The van der Waals surface area contributed by atoms with E-state index in [1.165, 1.54) is 0 Å². The van der Waals surface area contributed by atoms with Crippen LogP contribution in [0.3, 0.4) is 0 Å². The Kier molecular flexibility index (Phi) is 6.84. The highest BCUT2D eigenvalue weighted by Gasteiger charge is 2.22. The Morgan fingerprint density at radius 2 is 2.00 bits per heavy atom. The summed E-state index contributed by atoms with van der Waals surface area (Å²) >= 11 is 7.97. The molecule has 1 aromatic carbocycles. The molecule has 30 heavy (non-hydrogen) atoms. The number of halogens is 1. The Balaban J connectivity index is 1.84. The van der Waals surface area contributed by atoms with E-state index in [-0.39, 0.29) is 6.61 Å². The summed E-state index contributed by atoms with van der Waals surface area (Å²) in [6, 6.07) is 11.0. The number of anilines is 1. The van der Waals surface area contributed by atoms with Gasteiger partial charge in [-0.15, -0.1) is 11.3 Å². The molecule has 0 aliphatic heterocycles. The number of methoxy groups -OCH3 is 1. The van der Waals surface area contributed by atoms with Gasteiger partial charge in [-0.3, -0.25) is 9.71 Å². The first-order valence-electron chi connectivity index (χ1n) is 9.09. The number of hydrogen-bond donors (Lipinski definition) is 2. The average Bonchev–Trinajstić information content (AvgIpc) is 3.10. The van der Waals surface area contributed by atoms with Crippen molar-refractivity contribution in [3.8, 4) is 21.6 Å². The Bertz CT molecular complexity index is 1140. The van der Waals surface area contributed by atoms with E-state index < -0.39 is 15.6 Å². The first-order chi connectivity index (χ1) is 14.1. The van der Waals surface area contributed by atoms with Gasteiger partial charge in [-0.05, 0) is 53.8 Å². The van der Waals surface area contributed by atoms with Crippen molar-refractivity contribution in [3.63, 3.8) is 0 Å². The van der Waals surface area contributed by atoms with Crippen molar-refractivity contribution >= 4 is 38.6 Å². The minimum absolute atomic E-state index is 0.227. The number of aliphatic hydroxyl groups is 1. The maximum atomic E-state index is 11.4. The van der Waals surface area contributed by atoms with Gasteiger partial charge in [0.2, 0.25) is 10.0 Å². The van der Waals surface area contributed by atoms with Crippen molar-refractivity contribution in [3.05, 3.63) is 58.7 Å². The second-order valence-corrected chi connectivity index (χ2v) is 10.5. The van der Waals surface area contributed by atoms with Crippen molar-refractivity contribution < 1.29 is 18.3 Å². The Labute approximate surface area is 185 Å². The molecule has 1 atom stereocenters. The third kappa shape index (κ3) is 6.02. The van der Waals surface area contributed by atoms with Gasteiger partial charge in [-0.25, -0.2) is 8.42 Å². The van der Waals surface area contributed by atoms with Crippen molar-refractivity contribution in [1.29, 1.82) is 0 Å². The van der Waals surface area contributed by atoms with Crippen molar-refractivity contribution in [2.45, 2.75) is 18.9 Å². The number of rotatable bonds is 8. The number of nitrogens with zero attached hydrogens (tertiary/aromatic N) is 1. The molecular weight excluding hydrogens is 444 g/mol. The molecule has 9 heteroatoms. The predicted molar refractivity (Wildman–Crippen MR) is 123 cm³/mol. The number of benzene rings is 1. The summed E-state index contributed by atoms with van der Waals surface area (Å²) < 4.78 is 30.3. The van der Waals surface area contributed by atoms with E-state index in [9.17, 15) is 13.5 Å². The zero-order chi connectivity index (χ0) is 21.9. The molecule has 0 saturated carbocycles. The van der Waals surface area contributed by atoms with Crippen molar-refractivity contribution in [2.24, 2.45) is 0 Å². The first-order valence-corrected chi connectivity index (χ1v) is 12.2. The van der Waals surface area contributed by atoms with Gasteiger partial charge in [0, 0.05) is 41.5 Å². The zero-order valence-corrected chi connectivity index (χ0v) is 19.2. The lowest BCUT2D eigenvalue weighted by Gasteiger charge is -2.21. The third-order valence-corrected chi connectivity index (χ3v) is 6.20. The Morgan fingerprint density at radius 1 is 1.23 bits per heavy atom. The molecule has 1 unspecified atom stereocenters. The van der Waals surface area contributed by atoms with Crippen LogP contribution < -0.4 is 4.72 Å². The van der Waals surface area contributed by atoms with Gasteiger partial charge in [-0.2, -0.15) is 0 Å². The normalized spacial score (nSPS) is 13.8. The standard InChI is InChI=1S/C21H23ClN2O4S2/c1-21(25,13-28-2)11-17-8-14(6-7-23-17)20-9-15(12-29-20)18-5-4-16(10-19(18)22)24-30(3,26)27/h4-10,12,24-25H,11,13H2,1-3H3. The average molecular weight is 467 g/mol. The third-order valence-electron chi connectivity index (χ3n) is 4.30. The lowest BCUT2D eigenvalue weighted by Crippen LogP contribution is -2.33. The predicted octanol–water partition coefficient (Wildman–Crippen LogP) is 4.44. The van der Waals surface area contributed by atoms with Gasteiger partial charge < -0.3 is 9.84 Å². The number of thiophene rings is 1. The van der Waals surface area contributed by atoms with Gasteiger partial charge >= 0.3 is 0 Å². The van der Waals surface area contributed by atoms with Crippen LogP contribution in [0.25, 0.3) is 21.6 Å². The Morgan fingerprint density at radius 3 is 2.67 bits per heavy atom. The van der Waals surface area contributed by atoms with E-state index >= 15 is 0 Å². The molecule has 0 saturated heterocycles. The van der Waals surface area contributed by atoms with Crippen LogP contribution in [0.4, 0.5) is 5.69 Å². The maximum absolute atomic E-state index is 11.4. The van der Waals surface area contributed by atoms with E-state index in [2.05, 4.69) is 9.71 Å². The van der Waals surface area contributed by atoms with Gasteiger partial charge in [-0.1, -0.05) is 17.7 Å². The van der Waals surface area contributed by atoms with Gasteiger partial charge in [0.1, 0.15) is 0 Å². The maximum Gasteiger partial charge on any atom is 0.229 e. The number of ether oxygens (including phenoxy) is 1. The van der Waals surface area contributed by atoms with Crippen LogP contribution in [0.1, 0.15) is 12.6 Å². The molecule has 3 aromatic rings. The summed E-state index contributed by atoms with van der Waals surface area (Å²) in [6.45, 7) is 1.95. The number of nitrogens with one attached hydrogen (secondary N) is 1. The highest BCUT2D eigenvalue weighted by Crippen LogP contribution is 2.37. The summed E-state index contributed by atoms with van der Waals surface area (Å²) in [5.41, 5.74) is 2.96. The van der Waals surface area contributed by atoms with Gasteiger partial charge in [0.25, 0.3) is 0 Å². The molecule has 6 nitrogen and oxygen atoms in total. The molecule has 2 heterocycles. The van der Waals surface area contributed by atoms with E-state index in [0.29, 0.717) is 17.1 Å². The first kappa shape index (κ1) is 22.7. The molecular formula is C21H23ClN2O4S2. The highest BCUT2D eigenvalue weighted by molar-refractivity contribution is 7.92. The molecule has 2 N–H and O–H groups in total. The summed E-state index contributed by atoms with van der Waals surface area (Å²) in [5.74, 6) is 0. The van der Waals surface area contributed by atoms with Gasteiger partial charge in [0.05, 0.1) is 23.5 Å². The van der Waals surface area contributed by atoms with Crippen LogP contribution in [0.5, 0.6) is 0 Å². The van der Waals surface area contributed by atoms with Crippen LogP contribution in [0.15, 0.2) is 48.0 Å². The number of pyridine rings is 1. The van der Waals surface area contributed by atoms with Crippen LogP contribution in [-0.2, 0) is 21.2 Å². The minimum atomic E-state index is -3.36. The number of sulfonamides is 1. The molecule has 0 bridgehead atoms. The minimum Gasteiger partial charge on any atom is -0.387 e. The SMILES string of the molecule is COCC(C)(O)Cc1cc(-c2cc(-c3ccc(NS(C)(=O)=O)cc3Cl)cs2)ccn1. The molecule has 0 aliphatic rings. The molecule has 2 aromatic heterocycles. The highest BCUT2D eigenvalue weighted by atomic mass is 35.5. The van der Waals surface area contributed by atoms with Crippen molar-refractivity contribution in [1.82, 2.24) is 4.98 Å². The van der Waals surface area contributed by atoms with E-state index in [4.69, 9.17) is 16.3 Å². The molecule has 0 amide bonds. The Hall–Kier alpha value is -1.97. The smallest absolute Gasteiger partial charge is 0.229 e. The van der Waals surface area contributed by atoms with E-state index in [1.807, 2.05) is 23.6 Å². The molecule has 0 radical (unpaired) electrons. The number of aromatic nitrogens is 1. The molecule has 0 aliphatic carbocycles. The second-order valence-electron chi connectivity index (χ2n) is 7.41. The lowest BCUT2D eigenvalue weighted by molar-refractivity contribution is -0.0167. The fourth-order valence-corrected chi connectivity index (χ4v) is 4.89. The van der Waals surface area contributed by atoms with E-state index in [1.54, 1.807) is 49.8 Å². The van der Waals surface area contributed by atoms with Crippen LogP contribution in [-0.4, -0.2) is 44.1 Å². The molecule has 160 valence electrons. The van der Waals surface area contributed by atoms with Crippen LogP contribution >= 0.6 is 22.9 Å². The molecule has 0 spiro atoms. The fourth-order valence-electron chi connectivity index (χ4n) is 3.14. The van der Waals surface area contributed by atoms with Crippen LogP contribution in [0.2, 0.25) is 5.02 Å². The summed E-state index contributed by atoms with van der Waals surface area (Å²) in [6.07, 6.45) is 3.21. The van der Waals surface area contributed by atoms with E-state index in [0.717, 1.165) is 33.5 Å². The monoisotopic (exact) mass is 466 g/mol. The fraction of sp³-hybridized carbons (Fsp3) is 0.286.